The Kier molecular flexibility index (Phi) is 4.84. The first-order valence-corrected chi connectivity index (χ1v) is 6.47. The molecule has 0 amide bonds. The van der Waals surface area contributed by atoms with Gasteiger partial charge in [-0.25, -0.2) is 0 Å². The molecule has 1 aromatic rings. The average Bonchev–Trinajstić information content (AvgIpc) is 2.40. The number of benzene rings is 1. The van der Waals surface area contributed by atoms with E-state index in [9.17, 15) is 15.3 Å². The van der Waals surface area contributed by atoms with Gasteiger partial charge in [0.05, 0.1) is 0 Å². The van der Waals surface area contributed by atoms with Crippen LogP contribution < -0.4 is 5.32 Å². The third kappa shape index (κ3) is 2.88. The monoisotopic (exact) mass is 253 g/mol. The van der Waals surface area contributed by atoms with Gasteiger partial charge in [-0.1, -0.05) is 26.8 Å². The van der Waals surface area contributed by atoms with Gasteiger partial charge in [0.15, 0.2) is 11.5 Å². The molecule has 4 N–H and O–H groups in total. The third-order valence-electron chi connectivity index (χ3n) is 3.90. The van der Waals surface area contributed by atoms with Crippen LogP contribution in [0.3, 0.4) is 0 Å². The molecule has 0 aromatic heterocycles. The highest BCUT2D eigenvalue weighted by Crippen LogP contribution is 2.37. The van der Waals surface area contributed by atoms with Gasteiger partial charge in [0.25, 0.3) is 0 Å². The molecular weight excluding hydrogens is 230 g/mol. The molecule has 0 spiro atoms. The second-order valence-corrected chi connectivity index (χ2v) is 4.64. The maximum atomic E-state index is 9.74. The van der Waals surface area contributed by atoms with Crippen LogP contribution in [-0.4, -0.2) is 20.9 Å². The van der Waals surface area contributed by atoms with Crippen LogP contribution >= 0.6 is 0 Å². The fourth-order valence-electron chi connectivity index (χ4n) is 2.16. The summed E-state index contributed by atoms with van der Waals surface area (Å²) in [4.78, 5) is 0. The van der Waals surface area contributed by atoms with E-state index in [1.165, 1.54) is 6.07 Å². The molecule has 0 saturated heterocycles. The summed E-state index contributed by atoms with van der Waals surface area (Å²) in [5.41, 5.74) is 0.643. The Balaban J connectivity index is 2.83. The predicted octanol–water partition coefficient (Wildman–Crippen LogP) is 2.86. The maximum absolute atomic E-state index is 9.74. The number of nitrogens with one attached hydrogen (secondary N) is 1. The van der Waals surface area contributed by atoms with Crippen LogP contribution in [0.15, 0.2) is 12.1 Å². The van der Waals surface area contributed by atoms with E-state index in [0.29, 0.717) is 12.1 Å². The van der Waals surface area contributed by atoms with Crippen molar-refractivity contribution < 1.29 is 15.3 Å². The zero-order valence-corrected chi connectivity index (χ0v) is 11.3. The van der Waals surface area contributed by atoms with Crippen molar-refractivity contribution in [3.63, 3.8) is 0 Å². The molecule has 0 bridgehead atoms. The molecule has 0 unspecified atom stereocenters. The molecule has 0 aliphatic carbocycles. The van der Waals surface area contributed by atoms with E-state index in [4.69, 9.17) is 0 Å². The molecule has 4 heteroatoms. The Bertz CT molecular complexity index is 392. The van der Waals surface area contributed by atoms with Gasteiger partial charge in [-0.05, 0) is 25.3 Å². The van der Waals surface area contributed by atoms with Crippen molar-refractivity contribution in [2.45, 2.75) is 52.1 Å². The zero-order valence-electron chi connectivity index (χ0n) is 11.3. The van der Waals surface area contributed by atoms with E-state index < -0.39 is 5.75 Å². The lowest BCUT2D eigenvalue weighted by Crippen LogP contribution is -2.43. The van der Waals surface area contributed by atoms with Crippen LogP contribution in [0.5, 0.6) is 17.2 Å². The summed E-state index contributed by atoms with van der Waals surface area (Å²) in [7, 11) is 0. The molecule has 18 heavy (non-hydrogen) atoms. The third-order valence-corrected chi connectivity index (χ3v) is 3.90. The van der Waals surface area contributed by atoms with E-state index in [2.05, 4.69) is 26.1 Å². The minimum atomic E-state index is -0.454. The minimum absolute atomic E-state index is 0.0555. The number of hydrogen-bond acceptors (Lipinski definition) is 4. The Morgan fingerprint density at radius 1 is 0.944 bits per heavy atom. The molecular formula is C14H23NO3. The molecule has 0 aliphatic rings. The van der Waals surface area contributed by atoms with Crippen LogP contribution in [-0.2, 0) is 6.54 Å². The Hall–Kier alpha value is -1.42. The molecule has 0 atom stereocenters. The van der Waals surface area contributed by atoms with Crippen LogP contribution in [0.4, 0.5) is 0 Å². The lowest BCUT2D eigenvalue weighted by Gasteiger charge is -2.32. The van der Waals surface area contributed by atoms with Crippen molar-refractivity contribution in [1.82, 2.24) is 5.32 Å². The van der Waals surface area contributed by atoms with Gasteiger partial charge >= 0.3 is 0 Å². The van der Waals surface area contributed by atoms with Crippen LogP contribution in [0.2, 0.25) is 0 Å². The van der Waals surface area contributed by atoms with Gasteiger partial charge in [-0.3, -0.25) is 0 Å². The summed E-state index contributed by atoms with van der Waals surface area (Å²) in [5, 5.41) is 31.9. The van der Waals surface area contributed by atoms with Crippen molar-refractivity contribution in [3.8, 4) is 17.2 Å². The number of phenols is 3. The second-order valence-electron chi connectivity index (χ2n) is 4.64. The van der Waals surface area contributed by atoms with E-state index in [-0.39, 0.29) is 17.0 Å². The molecule has 102 valence electrons. The molecule has 0 heterocycles. The van der Waals surface area contributed by atoms with Gasteiger partial charge in [0, 0.05) is 17.6 Å². The summed E-state index contributed by atoms with van der Waals surface area (Å²) >= 11 is 0. The SMILES string of the molecule is CCC(CC)(CC)NCc1ccc(O)c(O)c1O. The quantitative estimate of drug-likeness (QED) is 0.588. The maximum Gasteiger partial charge on any atom is 0.200 e. The summed E-state index contributed by atoms with van der Waals surface area (Å²) < 4.78 is 0. The molecule has 0 aliphatic heterocycles. The van der Waals surface area contributed by atoms with Gasteiger partial charge in [0.2, 0.25) is 5.75 Å². The second kappa shape index (κ2) is 5.96. The lowest BCUT2D eigenvalue weighted by molar-refractivity contribution is 0.285. The molecule has 0 fully saturated rings. The first kappa shape index (κ1) is 14.6. The lowest BCUT2D eigenvalue weighted by atomic mass is 9.89. The van der Waals surface area contributed by atoms with E-state index in [1.807, 2.05) is 0 Å². The fraction of sp³-hybridized carbons (Fsp3) is 0.571. The van der Waals surface area contributed by atoms with Crippen LogP contribution in [0, 0.1) is 0 Å². The summed E-state index contributed by atoms with van der Waals surface area (Å²) in [5.74, 6) is -1.01. The van der Waals surface area contributed by atoms with Gasteiger partial charge < -0.3 is 20.6 Å². The van der Waals surface area contributed by atoms with Gasteiger partial charge in [-0.2, -0.15) is 0 Å². The number of hydrogen-bond donors (Lipinski definition) is 4. The number of phenolic OH excluding ortho intramolecular Hbond substituents is 3. The Labute approximate surface area is 108 Å². The number of aromatic hydroxyl groups is 3. The van der Waals surface area contributed by atoms with Crippen molar-refractivity contribution in [2.75, 3.05) is 0 Å². The molecule has 1 rings (SSSR count). The Morgan fingerprint density at radius 2 is 1.50 bits per heavy atom. The van der Waals surface area contributed by atoms with E-state index in [1.54, 1.807) is 6.07 Å². The summed E-state index contributed by atoms with van der Waals surface area (Å²) in [6, 6.07) is 3.00. The van der Waals surface area contributed by atoms with Crippen LogP contribution in [0.25, 0.3) is 0 Å². The van der Waals surface area contributed by atoms with Crippen molar-refractivity contribution in [1.29, 1.82) is 0 Å². The standard InChI is InChI=1S/C14H23NO3/c1-4-14(5-2,6-3)15-9-10-7-8-11(16)13(18)12(10)17/h7-8,15-18H,4-6,9H2,1-3H3. The van der Waals surface area contributed by atoms with Gasteiger partial charge in [-0.15, -0.1) is 0 Å². The highest BCUT2D eigenvalue weighted by atomic mass is 16.3. The first-order valence-electron chi connectivity index (χ1n) is 6.47. The summed E-state index contributed by atoms with van der Waals surface area (Å²) in [6.45, 7) is 6.87. The smallest absolute Gasteiger partial charge is 0.200 e. The average molecular weight is 253 g/mol. The van der Waals surface area contributed by atoms with E-state index in [0.717, 1.165) is 19.3 Å². The first-order chi connectivity index (χ1) is 8.49. The minimum Gasteiger partial charge on any atom is -0.504 e. The highest BCUT2D eigenvalue weighted by Gasteiger charge is 2.23. The van der Waals surface area contributed by atoms with Crippen molar-refractivity contribution in [2.24, 2.45) is 0 Å². The van der Waals surface area contributed by atoms with Crippen LogP contribution in [0.1, 0.15) is 45.6 Å². The topological polar surface area (TPSA) is 72.7 Å². The molecule has 0 radical (unpaired) electrons. The molecule has 1 aromatic carbocycles. The Morgan fingerprint density at radius 3 is 2.00 bits per heavy atom. The summed E-state index contributed by atoms with van der Waals surface area (Å²) in [6.07, 6.45) is 3.01. The van der Waals surface area contributed by atoms with E-state index >= 15 is 0 Å². The van der Waals surface area contributed by atoms with Crippen molar-refractivity contribution in [3.05, 3.63) is 17.7 Å². The predicted molar refractivity (Wildman–Crippen MR) is 71.9 cm³/mol. The fourth-order valence-corrected chi connectivity index (χ4v) is 2.16. The normalized spacial score (nSPS) is 11.7. The van der Waals surface area contributed by atoms with Gasteiger partial charge in [0.1, 0.15) is 0 Å². The van der Waals surface area contributed by atoms with Crippen molar-refractivity contribution >= 4 is 0 Å². The number of rotatable bonds is 6. The molecule has 4 nitrogen and oxygen atoms in total. The highest BCUT2D eigenvalue weighted by molar-refractivity contribution is 5.53. The zero-order chi connectivity index (χ0) is 13.8. The molecule has 0 saturated carbocycles. The largest absolute Gasteiger partial charge is 0.504 e.